The summed E-state index contributed by atoms with van der Waals surface area (Å²) < 4.78 is 5.44. The topological polar surface area (TPSA) is 52.3 Å². The third kappa shape index (κ3) is 1.97. The van der Waals surface area contributed by atoms with Crippen LogP contribution in [-0.2, 0) is 9.53 Å². The zero-order chi connectivity index (χ0) is 9.14. The maximum atomic E-state index is 11.1. The maximum Gasteiger partial charge on any atom is 0.223 e. The Hall–Kier alpha value is -0.570. The number of carbonyl (C=O) groups excluding carboxylic acids is 1. The first-order valence-electron chi connectivity index (χ1n) is 4.54. The lowest BCUT2D eigenvalue weighted by molar-refractivity contribution is -0.127. The molecule has 1 aliphatic heterocycles. The number of amides is 1. The Labute approximate surface area is 73.3 Å². The maximum absolute atomic E-state index is 11.1. The van der Waals surface area contributed by atoms with Crippen molar-refractivity contribution in [2.45, 2.75) is 32.8 Å². The highest BCUT2D eigenvalue weighted by molar-refractivity contribution is 5.77. The Bertz CT molecular complexity index is 162. The van der Waals surface area contributed by atoms with Gasteiger partial charge in [0, 0.05) is 6.61 Å². The van der Waals surface area contributed by atoms with Gasteiger partial charge in [-0.05, 0) is 18.8 Å². The lowest BCUT2D eigenvalue weighted by atomic mass is 9.88. The quantitative estimate of drug-likeness (QED) is 0.686. The van der Waals surface area contributed by atoms with Crippen molar-refractivity contribution in [1.29, 1.82) is 0 Å². The molecule has 0 saturated carbocycles. The monoisotopic (exact) mass is 171 g/mol. The van der Waals surface area contributed by atoms with Gasteiger partial charge < -0.3 is 10.5 Å². The van der Waals surface area contributed by atoms with Crippen LogP contribution in [0.3, 0.4) is 0 Å². The van der Waals surface area contributed by atoms with E-state index in [1.165, 1.54) is 0 Å². The van der Waals surface area contributed by atoms with Gasteiger partial charge in [-0.3, -0.25) is 4.79 Å². The molecule has 12 heavy (non-hydrogen) atoms. The number of hydrogen-bond donors (Lipinski definition) is 1. The fraction of sp³-hybridized carbons (Fsp3) is 0.889. The van der Waals surface area contributed by atoms with Crippen molar-refractivity contribution in [1.82, 2.24) is 0 Å². The third-order valence-corrected chi connectivity index (χ3v) is 2.41. The van der Waals surface area contributed by atoms with Gasteiger partial charge in [0.15, 0.2) is 0 Å². The smallest absolute Gasteiger partial charge is 0.223 e. The fourth-order valence-corrected chi connectivity index (χ4v) is 1.83. The first kappa shape index (κ1) is 9.52. The van der Waals surface area contributed by atoms with Crippen molar-refractivity contribution in [2.24, 2.45) is 17.6 Å². The molecule has 70 valence electrons. The second kappa shape index (κ2) is 3.90. The van der Waals surface area contributed by atoms with Gasteiger partial charge in [0.1, 0.15) is 0 Å². The standard InChI is InChI=1S/C9H17NO2/c1-6(2)8(9(10)11)7-4-3-5-12-7/h6-8H,3-5H2,1-2H3,(H2,10,11). The van der Waals surface area contributed by atoms with Crippen molar-refractivity contribution >= 4 is 5.91 Å². The summed E-state index contributed by atoms with van der Waals surface area (Å²) in [4.78, 5) is 11.1. The molecule has 1 aliphatic rings. The van der Waals surface area contributed by atoms with E-state index in [9.17, 15) is 4.79 Å². The molecule has 0 aromatic heterocycles. The van der Waals surface area contributed by atoms with Gasteiger partial charge in [0.2, 0.25) is 5.91 Å². The van der Waals surface area contributed by atoms with Crippen LogP contribution < -0.4 is 5.73 Å². The molecule has 0 radical (unpaired) electrons. The summed E-state index contributed by atoms with van der Waals surface area (Å²) in [5.41, 5.74) is 5.30. The second-order valence-corrected chi connectivity index (χ2v) is 3.72. The number of rotatable bonds is 3. The van der Waals surface area contributed by atoms with Gasteiger partial charge in [0.25, 0.3) is 0 Å². The molecule has 1 saturated heterocycles. The molecule has 1 fully saturated rings. The summed E-state index contributed by atoms with van der Waals surface area (Å²) in [5, 5.41) is 0. The highest BCUT2D eigenvalue weighted by Crippen LogP contribution is 2.25. The SMILES string of the molecule is CC(C)C(C(N)=O)C1CCCO1. The van der Waals surface area contributed by atoms with Gasteiger partial charge in [-0.15, -0.1) is 0 Å². The normalized spacial score (nSPS) is 26.1. The van der Waals surface area contributed by atoms with Gasteiger partial charge >= 0.3 is 0 Å². The largest absolute Gasteiger partial charge is 0.377 e. The number of carbonyl (C=O) groups is 1. The van der Waals surface area contributed by atoms with E-state index >= 15 is 0 Å². The van der Waals surface area contributed by atoms with E-state index in [0.29, 0.717) is 0 Å². The molecule has 2 N–H and O–H groups in total. The average molecular weight is 171 g/mol. The first-order chi connectivity index (χ1) is 5.63. The van der Waals surface area contributed by atoms with Crippen molar-refractivity contribution in [3.63, 3.8) is 0 Å². The van der Waals surface area contributed by atoms with Gasteiger partial charge in [-0.2, -0.15) is 0 Å². The summed E-state index contributed by atoms with van der Waals surface area (Å²) in [5.74, 6) is -0.0463. The summed E-state index contributed by atoms with van der Waals surface area (Å²) in [6, 6.07) is 0. The predicted molar refractivity (Wildman–Crippen MR) is 46.5 cm³/mol. The Morgan fingerprint density at radius 2 is 2.25 bits per heavy atom. The summed E-state index contributed by atoms with van der Waals surface area (Å²) >= 11 is 0. The van der Waals surface area contributed by atoms with E-state index < -0.39 is 0 Å². The summed E-state index contributed by atoms with van der Waals surface area (Å²) in [6.07, 6.45) is 2.11. The fourth-order valence-electron chi connectivity index (χ4n) is 1.83. The second-order valence-electron chi connectivity index (χ2n) is 3.72. The number of primary amides is 1. The van der Waals surface area contributed by atoms with Crippen LogP contribution in [0.4, 0.5) is 0 Å². The molecule has 3 heteroatoms. The Kier molecular flexibility index (Phi) is 3.09. The predicted octanol–water partition coefficient (Wildman–Crippen LogP) is 0.923. The number of hydrogen-bond acceptors (Lipinski definition) is 2. The van der Waals surface area contributed by atoms with E-state index in [-0.39, 0.29) is 23.8 Å². The van der Waals surface area contributed by atoms with E-state index in [4.69, 9.17) is 10.5 Å². The van der Waals surface area contributed by atoms with Crippen molar-refractivity contribution in [2.75, 3.05) is 6.61 Å². The third-order valence-electron chi connectivity index (χ3n) is 2.41. The minimum Gasteiger partial charge on any atom is -0.377 e. The summed E-state index contributed by atoms with van der Waals surface area (Å²) in [6.45, 7) is 4.80. The van der Waals surface area contributed by atoms with Crippen LogP contribution >= 0.6 is 0 Å². The highest BCUT2D eigenvalue weighted by Gasteiger charge is 2.32. The molecule has 0 aromatic rings. The molecule has 1 heterocycles. The molecule has 2 unspecified atom stereocenters. The van der Waals surface area contributed by atoms with Gasteiger partial charge in [-0.25, -0.2) is 0 Å². The van der Waals surface area contributed by atoms with Crippen LogP contribution in [0.2, 0.25) is 0 Å². The molecule has 0 bridgehead atoms. The molecule has 0 spiro atoms. The Morgan fingerprint density at radius 1 is 1.58 bits per heavy atom. The lowest BCUT2D eigenvalue weighted by Crippen LogP contribution is -2.36. The van der Waals surface area contributed by atoms with E-state index in [0.717, 1.165) is 19.4 Å². The molecule has 3 nitrogen and oxygen atoms in total. The van der Waals surface area contributed by atoms with E-state index in [2.05, 4.69) is 0 Å². The molecule has 1 rings (SSSR count). The van der Waals surface area contributed by atoms with Crippen LogP contribution in [0.5, 0.6) is 0 Å². The average Bonchev–Trinajstić information content (AvgIpc) is 2.37. The molecule has 0 aliphatic carbocycles. The van der Waals surface area contributed by atoms with Crippen molar-refractivity contribution in [3.8, 4) is 0 Å². The molecule has 1 amide bonds. The van der Waals surface area contributed by atoms with E-state index in [1.54, 1.807) is 0 Å². The van der Waals surface area contributed by atoms with Crippen molar-refractivity contribution < 1.29 is 9.53 Å². The van der Waals surface area contributed by atoms with Crippen LogP contribution in [0.15, 0.2) is 0 Å². The number of ether oxygens (including phenoxy) is 1. The zero-order valence-corrected chi connectivity index (χ0v) is 7.75. The van der Waals surface area contributed by atoms with Crippen molar-refractivity contribution in [3.05, 3.63) is 0 Å². The van der Waals surface area contributed by atoms with Gasteiger partial charge in [-0.1, -0.05) is 13.8 Å². The van der Waals surface area contributed by atoms with Crippen LogP contribution in [-0.4, -0.2) is 18.6 Å². The molecular weight excluding hydrogens is 154 g/mol. The Balaban J connectivity index is 2.58. The molecule has 2 atom stereocenters. The first-order valence-corrected chi connectivity index (χ1v) is 4.54. The van der Waals surface area contributed by atoms with Crippen LogP contribution in [0.25, 0.3) is 0 Å². The number of nitrogens with two attached hydrogens (primary N) is 1. The highest BCUT2D eigenvalue weighted by atomic mass is 16.5. The van der Waals surface area contributed by atoms with Gasteiger partial charge in [0.05, 0.1) is 12.0 Å². The van der Waals surface area contributed by atoms with E-state index in [1.807, 2.05) is 13.8 Å². The minimum atomic E-state index is -0.225. The summed E-state index contributed by atoms with van der Waals surface area (Å²) in [7, 11) is 0. The molecule has 0 aromatic carbocycles. The lowest BCUT2D eigenvalue weighted by Gasteiger charge is -2.22. The van der Waals surface area contributed by atoms with Crippen LogP contribution in [0, 0.1) is 11.8 Å². The molecular formula is C9H17NO2. The minimum absolute atomic E-state index is 0.0718. The Morgan fingerprint density at radius 3 is 2.58 bits per heavy atom. The van der Waals surface area contributed by atoms with Crippen LogP contribution in [0.1, 0.15) is 26.7 Å². The zero-order valence-electron chi connectivity index (χ0n) is 7.75.